The maximum absolute atomic E-state index is 11.6. The molecule has 1 heteroatoms. The molecule has 1 fully saturated rings. The van der Waals surface area contributed by atoms with Crippen molar-refractivity contribution in [1.29, 1.82) is 0 Å². The molecule has 1 aromatic rings. The van der Waals surface area contributed by atoms with Crippen LogP contribution in [0, 0.1) is 12.3 Å². The van der Waals surface area contributed by atoms with Crippen LogP contribution in [-0.2, 0) is 4.79 Å². The molecule has 2 unspecified atom stereocenters. The predicted molar refractivity (Wildman–Crippen MR) is 61.9 cm³/mol. The normalized spacial score (nSPS) is 30.1. The Morgan fingerprint density at radius 2 is 1.93 bits per heavy atom. The highest BCUT2D eigenvalue weighted by Crippen LogP contribution is 2.51. The molecule has 2 atom stereocenters. The van der Waals surface area contributed by atoms with Gasteiger partial charge in [0.15, 0.2) is 0 Å². The van der Waals surface area contributed by atoms with Crippen molar-refractivity contribution >= 4 is 5.78 Å². The summed E-state index contributed by atoms with van der Waals surface area (Å²) in [6, 6.07) is 8.60. The second-order valence-electron chi connectivity index (χ2n) is 4.86. The zero-order valence-electron chi connectivity index (χ0n) is 9.71. The number of aryl methyl sites for hydroxylation is 1. The lowest BCUT2D eigenvalue weighted by Crippen LogP contribution is -2.45. The summed E-state index contributed by atoms with van der Waals surface area (Å²) in [5.74, 6) is 0.867. The van der Waals surface area contributed by atoms with Crippen LogP contribution in [0.1, 0.15) is 43.7 Å². The molecule has 1 nitrogen and oxygen atoms in total. The molecule has 0 radical (unpaired) electrons. The Morgan fingerprint density at radius 3 is 2.40 bits per heavy atom. The summed E-state index contributed by atoms with van der Waals surface area (Å²) in [7, 11) is 0. The molecule has 2 rings (SSSR count). The van der Waals surface area contributed by atoms with Gasteiger partial charge < -0.3 is 0 Å². The highest BCUT2D eigenvalue weighted by molar-refractivity contribution is 5.92. The smallest absolute Gasteiger partial charge is 0.140 e. The quantitative estimate of drug-likeness (QED) is 0.717. The van der Waals surface area contributed by atoms with Gasteiger partial charge in [-0.3, -0.25) is 4.79 Å². The van der Waals surface area contributed by atoms with Gasteiger partial charge in [-0.25, -0.2) is 0 Å². The molecule has 0 saturated heterocycles. The topological polar surface area (TPSA) is 17.1 Å². The van der Waals surface area contributed by atoms with Crippen LogP contribution >= 0.6 is 0 Å². The molecule has 0 aromatic heterocycles. The van der Waals surface area contributed by atoms with E-state index in [2.05, 4.69) is 45.0 Å². The molecular formula is C14H18O. The van der Waals surface area contributed by atoms with Crippen LogP contribution in [0.3, 0.4) is 0 Å². The monoisotopic (exact) mass is 202 g/mol. The van der Waals surface area contributed by atoms with Gasteiger partial charge >= 0.3 is 0 Å². The lowest BCUT2D eigenvalue weighted by atomic mass is 9.56. The molecule has 0 amide bonds. The van der Waals surface area contributed by atoms with Crippen LogP contribution in [0.25, 0.3) is 0 Å². The van der Waals surface area contributed by atoms with Gasteiger partial charge in [-0.1, -0.05) is 43.7 Å². The third-order valence-corrected chi connectivity index (χ3v) is 4.01. The lowest BCUT2D eigenvalue weighted by molar-refractivity contribution is -0.139. The minimum absolute atomic E-state index is 0.102. The number of carbonyl (C=O) groups is 1. The Labute approximate surface area is 91.5 Å². The third kappa shape index (κ3) is 1.50. The lowest BCUT2D eigenvalue weighted by Gasteiger charge is -2.45. The summed E-state index contributed by atoms with van der Waals surface area (Å²) in [6.45, 7) is 6.30. The summed E-state index contributed by atoms with van der Waals surface area (Å²) < 4.78 is 0. The molecule has 0 aliphatic heterocycles. The molecule has 1 saturated carbocycles. The molecule has 1 aliphatic rings. The van der Waals surface area contributed by atoms with E-state index >= 15 is 0 Å². The van der Waals surface area contributed by atoms with Gasteiger partial charge in [0.05, 0.1) is 0 Å². The summed E-state index contributed by atoms with van der Waals surface area (Å²) in [4.78, 5) is 11.6. The summed E-state index contributed by atoms with van der Waals surface area (Å²) >= 11 is 0. The van der Waals surface area contributed by atoms with Crippen molar-refractivity contribution in [1.82, 2.24) is 0 Å². The fourth-order valence-corrected chi connectivity index (χ4v) is 2.44. The second-order valence-corrected chi connectivity index (χ2v) is 4.86. The van der Waals surface area contributed by atoms with E-state index in [1.54, 1.807) is 0 Å². The number of carbonyl (C=O) groups excluding carboxylic acids is 1. The molecule has 0 N–H and O–H groups in total. The number of Topliss-reactive ketones (excluding diaryl/α,β-unsaturated/α-hetero) is 1. The van der Waals surface area contributed by atoms with E-state index < -0.39 is 0 Å². The fourth-order valence-electron chi connectivity index (χ4n) is 2.44. The first-order valence-electron chi connectivity index (χ1n) is 5.68. The van der Waals surface area contributed by atoms with Gasteiger partial charge in [0, 0.05) is 17.8 Å². The van der Waals surface area contributed by atoms with Crippen LogP contribution in [0.4, 0.5) is 0 Å². The van der Waals surface area contributed by atoms with Crippen molar-refractivity contribution in [2.24, 2.45) is 5.41 Å². The minimum Gasteiger partial charge on any atom is -0.299 e. The average molecular weight is 202 g/mol. The average Bonchev–Trinajstić information content (AvgIpc) is 2.26. The van der Waals surface area contributed by atoms with E-state index in [1.807, 2.05) is 0 Å². The number of benzene rings is 1. The van der Waals surface area contributed by atoms with Crippen molar-refractivity contribution in [3.8, 4) is 0 Å². The third-order valence-electron chi connectivity index (χ3n) is 4.01. The first-order valence-corrected chi connectivity index (χ1v) is 5.68. The van der Waals surface area contributed by atoms with Gasteiger partial charge in [0.2, 0.25) is 0 Å². The predicted octanol–water partition coefficient (Wildman–Crippen LogP) is 3.47. The second kappa shape index (κ2) is 3.48. The Kier molecular flexibility index (Phi) is 2.41. The summed E-state index contributed by atoms with van der Waals surface area (Å²) in [5, 5.41) is 0. The Balaban J connectivity index is 2.26. The highest BCUT2D eigenvalue weighted by atomic mass is 16.1. The number of rotatable bonds is 2. The van der Waals surface area contributed by atoms with Crippen LogP contribution in [-0.4, -0.2) is 5.78 Å². The van der Waals surface area contributed by atoms with Crippen molar-refractivity contribution < 1.29 is 4.79 Å². The van der Waals surface area contributed by atoms with Gasteiger partial charge in [-0.2, -0.15) is 0 Å². The zero-order valence-corrected chi connectivity index (χ0v) is 9.71. The number of hydrogen-bond donors (Lipinski definition) is 0. The maximum Gasteiger partial charge on any atom is 0.140 e. The molecule has 0 bridgehead atoms. The van der Waals surface area contributed by atoms with E-state index in [0.29, 0.717) is 11.7 Å². The van der Waals surface area contributed by atoms with E-state index in [9.17, 15) is 4.79 Å². The Hall–Kier alpha value is -1.11. The molecule has 1 aliphatic carbocycles. The van der Waals surface area contributed by atoms with Crippen LogP contribution in [0.15, 0.2) is 24.3 Å². The fraction of sp³-hybridized carbons (Fsp3) is 0.500. The molecular weight excluding hydrogens is 184 g/mol. The van der Waals surface area contributed by atoms with Crippen molar-refractivity contribution in [2.75, 3.05) is 0 Å². The van der Waals surface area contributed by atoms with Crippen LogP contribution in [0.5, 0.6) is 0 Å². The van der Waals surface area contributed by atoms with Gasteiger partial charge in [-0.15, -0.1) is 0 Å². The summed E-state index contributed by atoms with van der Waals surface area (Å²) in [5.41, 5.74) is 2.50. The first kappa shape index (κ1) is 10.4. The van der Waals surface area contributed by atoms with Gasteiger partial charge in [-0.05, 0) is 18.9 Å². The molecule has 0 spiro atoms. The molecule has 15 heavy (non-hydrogen) atoms. The van der Waals surface area contributed by atoms with E-state index in [-0.39, 0.29) is 5.41 Å². The number of ketones is 1. The van der Waals surface area contributed by atoms with Gasteiger partial charge in [0.25, 0.3) is 0 Å². The van der Waals surface area contributed by atoms with E-state index in [1.165, 1.54) is 11.1 Å². The molecule has 80 valence electrons. The Morgan fingerprint density at radius 1 is 1.33 bits per heavy atom. The maximum atomic E-state index is 11.6. The Bertz CT molecular complexity index is 377. The van der Waals surface area contributed by atoms with Crippen LogP contribution in [0.2, 0.25) is 0 Å². The molecule has 0 heterocycles. The minimum atomic E-state index is -0.102. The van der Waals surface area contributed by atoms with Crippen molar-refractivity contribution in [2.45, 2.75) is 39.5 Å². The zero-order chi connectivity index (χ0) is 11.1. The van der Waals surface area contributed by atoms with Crippen LogP contribution < -0.4 is 0 Å². The van der Waals surface area contributed by atoms with Gasteiger partial charge in [0.1, 0.15) is 5.78 Å². The highest BCUT2D eigenvalue weighted by Gasteiger charge is 2.49. The molecule has 1 aromatic carbocycles. The van der Waals surface area contributed by atoms with E-state index in [0.717, 1.165) is 12.8 Å². The van der Waals surface area contributed by atoms with E-state index in [4.69, 9.17) is 0 Å². The summed E-state index contributed by atoms with van der Waals surface area (Å²) in [6.07, 6.45) is 1.68. The van der Waals surface area contributed by atoms with Crippen molar-refractivity contribution in [3.63, 3.8) is 0 Å². The SMILES string of the molecule is CCC1(C)C(=O)CC1c1ccc(C)cc1. The largest absolute Gasteiger partial charge is 0.299 e. The standard InChI is InChI=1S/C14H18O/c1-4-14(3)12(9-13(14)15)11-7-5-10(2)6-8-11/h5-8,12H,4,9H2,1-3H3. The first-order chi connectivity index (χ1) is 7.08. The van der Waals surface area contributed by atoms with Crippen molar-refractivity contribution in [3.05, 3.63) is 35.4 Å². The number of hydrogen-bond acceptors (Lipinski definition) is 1.